The fourth-order valence-corrected chi connectivity index (χ4v) is 2.93. The standard InChI is InChI=1S/C16H31N7O/c1-13(2)9-14(23-5-7-24-8-6-23)10-18-16(17-3)19-11-15-20-12-21-22(15)4/h12-14H,5-11H2,1-4H3,(H2,17,18,19). The summed E-state index contributed by atoms with van der Waals surface area (Å²) < 4.78 is 7.24. The van der Waals surface area contributed by atoms with E-state index in [2.05, 4.69) is 44.5 Å². The van der Waals surface area contributed by atoms with E-state index in [1.54, 1.807) is 18.1 Å². The molecule has 1 atom stereocenters. The van der Waals surface area contributed by atoms with Crippen LogP contribution in [0, 0.1) is 5.92 Å². The molecule has 1 aliphatic rings. The third-order valence-electron chi connectivity index (χ3n) is 4.25. The first-order valence-corrected chi connectivity index (χ1v) is 8.69. The number of rotatable bonds is 7. The second-order valence-corrected chi connectivity index (χ2v) is 6.54. The van der Waals surface area contributed by atoms with Gasteiger partial charge in [0.25, 0.3) is 0 Å². The molecular weight excluding hydrogens is 306 g/mol. The fraction of sp³-hybridized carbons (Fsp3) is 0.812. The highest BCUT2D eigenvalue weighted by Crippen LogP contribution is 2.12. The molecule has 0 radical (unpaired) electrons. The van der Waals surface area contributed by atoms with Gasteiger partial charge in [-0.05, 0) is 12.3 Å². The molecule has 1 aromatic heterocycles. The molecule has 2 rings (SSSR count). The number of hydrogen-bond donors (Lipinski definition) is 2. The summed E-state index contributed by atoms with van der Waals surface area (Å²) in [5.74, 6) is 2.33. The van der Waals surface area contributed by atoms with Gasteiger partial charge in [0.05, 0.1) is 19.8 Å². The van der Waals surface area contributed by atoms with Crippen LogP contribution in [0.25, 0.3) is 0 Å². The van der Waals surface area contributed by atoms with Crippen LogP contribution in [0.15, 0.2) is 11.3 Å². The number of nitrogens with one attached hydrogen (secondary N) is 2. The van der Waals surface area contributed by atoms with Crippen LogP contribution in [-0.4, -0.2) is 71.6 Å². The maximum atomic E-state index is 5.48. The van der Waals surface area contributed by atoms with Gasteiger partial charge in [0, 0.05) is 39.8 Å². The number of hydrogen-bond acceptors (Lipinski definition) is 5. The van der Waals surface area contributed by atoms with E-state index in [-0.39, 0.29) is 0 Å². The van der Waals surface area contributed by atoms with Crippen LogP contribution in [0.4, 0.5) is 0 Å². The lowest BCUT2D eigenvalue weighted by Crippen LogP contribution is -2.51. The summed E-state index contributed by atoms with van der Waals surface area (Å²) in [6, 6.07) is 0.488. The number of aliphatic imine (C=N–C) groups is 1. The SMILES string of the molecule is CN=C(NCc1ncnn1C)NCC(CC(C)C)N1CCOCC1. The highest BCUT2D eigenvalue weighted by atomic mass is 16.5. The van der Waals surface area contributed by atoms with Gasteiger partial charge < -0.3 is 15.4 Å². The van der Waals surface area contributed by atoms with E-state index in [1.807, 2.05) is 7.05 Å². The minimum atomic E-state index is 0.488. The van der Waals surface area contributed by atoms with Crippen LogP contribution in [-0.2, 0) is 18.3 Å². The predicted molar refractivity (Wildman–Crippen MR) is 94.8 cm³/mol. The molecular formula is C16H31N7O. The Morgan fingerprint density at radius 2 is 2.08 bits per heavy atom. The van der Waals surface area contributed by atoms with Gasteiger partial charge in [-0.15, -0.1) is 0 Å². The molecule has 0 spiro atoms. The molecule has 136 valence electrons. The van der Waals surface area contributed by atoms with Crippen molar-refractivity contribution in [3.05, 3.63) is 12.2 Å². The van der Waals surface area contributed by atoms with Crippen molar-refractivity contribution in [3.63, 3.8) is 0 Å². The summed E-state index contributed by atoms with van der Waals surface area (Å²) in [6.07, 6.45) is 2.72. The van der Waals surface area contributed by atoms with Gasteiger partial charge in [-0.1, -0.05) is 13.8 Å². The largest absolute Gasteiger partial charge is 0.379 e. The third-order valence-corrected chi connectivity index (χ3v) is 4.25. The molecule has 8 nitrogen and oxygen atoms in total. The summed E-state index contributed by atoms with van der Waals surface area (Å²) in [6.45, 7) is 9.68. The van der Waals surface area contributed by atoms with E-state index < -0.39 is 0 Å². The van der Waals surface area contributed by atoms with E-state index in [0.29, 0.717) is 18.5 Å². The Labute approximate surface area is 144 Å². The van der Waals surface area contributed by atoms with Crippen molar-refractivity contribution in [1.82, 2.24) is 30.3 Å². The molecule has 1 fully saturated rings. The first-order chi connectivity index (χ1) is 11.6. The Morgan fingerprint density at radius 1 is 1.33 bits per heavy atom. The summed E-state index contributed by atoms with van der Waals surface area (Å²) >= 11 is 0. The first-order valence-electron chi connectivity index (χ1n) is 8.69. The summed E-state index contributed by atoms with van der Waals surface area (Å²) in [5, 5.41) is 10.8. The number of morpholine rings is 1. The Hall–Kier alpha value is -1.67. The van der Waals surface area contributed by atoms with Gasteiger partial charge in [-0.3, -0.25) is 14.6 Å². The maximum absolute atomic E-state index is 5.48. The molecule has 1 saturated heterocycles. The number of ether oxygens (including phenoxy) is 1. The maximum Gasteiger partial charge on any atom is 0.191 e. The van der Waals surface area contributed by atoms with Gasteiger partial charge in [0.2, 0.25) is 0 Å². The molecule has 0 bridgehead atoms. The number of guanidine groups is 1. The molecule has 0 saturated carbocycles. The van der Waals surface area contributed by atoms with Gasteiger partial charge >= 0.3 is 0 Å². The average molecular weight is 337 g/mol. The molecule has 1 unspecified atom stereocenters. The Bertz CT molecular complexity index is 508. The monoisotopic (exact) mass is 337 g/mol. The smallest absolute Gasteiger partial charge is 0.191 e. The van der Waals surface area contributed by atoms with Crippen molar-refractivity contribution in [1.29, 1.82) is 0 Å². The van der Waals surface area contributed by atoms with E-state index in [9.17, 15) is 0 Å². The van der Waals surface area contributed by atoms with Gasteiger partial charge in [0.15, 0.2) is 5.96 Å². The van der Waals surface area contributed by atoms with Crippen molar-refractivity contribution in [3.8, 4) is 0 Å². The minimum Gasteiger partial charge on any atom is -0.379 e. The quantitative estimate of drug-likeness (QED) is 0.548. The Balaban J connectivity index is 1.84. The van der Waals surface area contributed by atoms with Crippen LogP contribution >= 0.6 is 0 Å². The zero-order valence-electron chi connectivity index (χ0n) is 15.3. The third kappa shape index (κ3) is 5.76. The lowest BCUT2D eigenvalue weighted by molar-refractivity contribution is 0.0132. The van der Waals surface area contributed by atoms with Crippen LogP contribution in [0.2, 0.25) is 0 Å². The van der Waals surface area contributed by atoms with Gasteiger partial charge in [-0.2, -0.15) is 5.10 Å². The predicted octanol–water partition coefficient (Wildman–Crippen LogP) is 0.227. The number of nitrogens with zero attached hydrogens (tertiary/aromatic N) is 5. The van der Waals surface area contributed by atoms with E-state index >= 15 is 0 Å². The normalized spacial score (nSPS) is 18.0. The van der Waals surface area contributed by atoms with Crippen molar-refractivity contribution < 1.29 is 4.74 Å². The van der Waals surface area contributed by atoms with Crippen LogP contribution < -0.4 is 10.6 Å². The zero-order chi connectivity index (χ0) is 17.4. The number of aromatic nitrogens is 3. The first kappa shape index (κ1) is 18.7. The lowest BCUT2D eigenvalue weighted by atomic mass is 10.0. The second-order valence-electron chi connectivity index (χ2n) is 6.54. The van der Waals surface area contributed by atoms with Crippen LogP contribution in [0.3, 0.4) is 0 Å². The van der Waals surface area contributed by atoms with E-state index in [0.717, 1.165) is 51.1 Å². The van der Waals surface area contributed by atoms with E-state index in [1.165, 1.54) is 0 Å². The lowest BCUT2D eigenvalue weighted by Gasteiger charge is -2.35. The molecule has 0 amide bonds. The van der Waals surface area contributed by atoms with Gasteiger partial charge in [-0.25, -0.2) is 4.98 Å². The Kier molecular flexibility index (Phi) is 7.45. The average Bonchev–Trinajstić information content (AvgIpc) is 2.99. The molecule has 1 aliphatic heterocycles. The van der Waals surface area contributed by atoms with Gasteiger partial charge in [0.1, 0.15) is 12.2 Å². The second kappa shape index (κ2) is 9.58. The van der Waals surface area contributed by atoms with Crippen molar-refractivity contribution in [2.75, 3.05) is 39.9 Å². The topological polar surface area (TPSA) is 79.6 Å². The molecule has 24 heavy (non-hydrogen) atoms. The number of aryl methyl sites for hydroxylation is 1. The molecule has 0 aromatic carbocycles. The van der Waals surface area contributed by atoms with Crippen LogP contribution in [0.5, 0.6) is 0 Å². The van der Waals surface area contributed by atoms with Crippen molar-refractivity contribution in [2.45, 2.75) is 32.9 Å². The molecule has 1 aromatic rings. The van der Waals surface area contributed by atoms with Crippen molar-refractivity contribution >= 4 is 5.96 Å². The molecule has 8 heteroatoms. The highest BCUT2D eigenvalue weighted by molar-refractivity contribution is 5.79. The molecule has 2 N–H and O–H groups in total. The summed E-state index contributed by atoms with van der Waals surface area (Å²) in [5.41, 5.74) is 0. The molecule has 2 heterocycles. The summed E-state index contributed by atoms with van der Waals surface area (Å²) in [7, 11) is 3.68. The zero-order valence-corrected chi connectivity index (χ0v) is 15.3. The van der Waals surface area contributed by atoms with Crippen LogP contribution in [0.1, 0.15) is 26.1 Å². The highest BCUT2D eigenvalue weighted by Gasteiger charge is 2.22. The molecule has 0 aliphatic carbocycles. The summed E-state index contributed by atoms with van der Waals surface area (Å²) in [4.78, 5) is 11.0. The van der Waals surface area contributed by atoms with E-state index in [4.69, 9.17) is 4.74 Å². The van der Waals surface area contributed by atoms with Crippen molar-refractivity contribution in [2.24, 2.45) is 18.0 Å². The minimum absolute atomic E-state index is 0.488. The Morgan fingerprint density at radius 3 is 2.67 bits per heavy atom. The fourth-order valence-electron chi connectivity index (χ4n) is 2.93.